The van der Waals surface area contributed by atoms with E-state index in [0.29, 0.717) is 0 Å². The maximum atomic E-state index is 13.0. The molecule has 0 spiro atoms. The van der Waals surface area contributed by atoms with Crippen LogP contribution in [-0.4, -0.2) is 0 Å². The molecular weight excluding hydrogens is 196 g/mol. The Kier molecular flexibility index (Phi) is 2.80. The third kappa shape index (κ3) is 1.58. The van der Waals surface area contributed by atoms with Crippen LogP contribution in [0.25, 0.3) is 0 Å². The molecule has 0 aliphatic carbocycles. The fourth-order valence-electron chi connectivity index (χ4n) is 1.06. The molecule has 0 heterocycles. The quantitative estimate of drug-likeness (QED) is 0.373. The fraction of sp³-hybridized carbons (Fsp3) is 0.200. The lowest BCUT2D eigenvalue weighted by Gasteiger charge is -2.08. The Balaban J connectivity index is 3.49. The van der Waals surface area contributed by atoms with E-state index >= 15 is 0 Å². The van der Waals surface area contributed by atoms with Gasteiger partial charge in [-0.3, -0.25) is 0 Å². The third-order valence-corrected chi connectivity index (χ3v) is 1.83. The van der Waals surface area contributed by atoms with Crippen LogP contribution in [0.1, 0.15) is 18.4 Å². The minimum absolute atomic E-state index is 0.150. The lowest BCUT2D eigenvalue weighted by Crippen LogP contribution is -2.05. The average Bonchev–Trinajstić information content (AvgIpc) is 2.15. The van der Waals surface area contributed by atoms with Gasteiger partial charge in [-0.05, 0) is 6.92 Å². The molecule has 0 radical (unpaired) electrons. The van der Waals surface area contributed by atoms with Crippen molar-refractivity contribution in [2.24, 2.45) is 0 Å². The summed E-state index contributed by atoms with van der Waals surface area (Å²) >= 11 is 0. The van der Waals surface area contributed by atoms with E-state index < -0.39 is 34.8 Å². The molecular formula is C10H6F4. The molecule has 0 bridgehead atoms. The summed E-state index contributed by atoms with van der Waals surface area (Å²) in [4.78, 5) is 0. The van der Waals surface area contributed by atoms with Crippen LogP contribution in [-0.2, 0) is 0 Å². The highest BCUT2D eigenvalue weighted by atomic mass is 19.2. The van der Waals surface area contributed by atoms with Crippen molar-refractivity contribution in [1.82, 2.24) is 0 Å². The number of hydrogen-bond donors (Lipinski definition) is 0. The molecule has 14 heavy (non-hydrogen) atoms. The first-order valence-corrected chi connectivity index (χ1v) is 3.78. The molecule has 1 aromatic carbocycles. The van der Waals surface area contributed by atoms with Crippen LogP contribution in [0.5, 0.6) is 0 Å². The molecule has 1 rings (SSSR count). The van der Waals surface area contributed by atoms with Crippen LogP contribution < -0.4 is 0 Å². The molecule has 1 atom stereocenters. The first kappa shape index (κ1) is 10.6. The predicted molar refractivity (Wildman–Crippen MR) is 43.5 cm³/mol. The van der Waals surface area contributed by atoms with Gasteiger partial charge in [0.1, 0.15) is 0 Å². The van der Waals surface area contributed by atoms with Crippen molar-refractivity contribution in [2.45, 2.75) is 12.8 Å². The smallest absolute Gasteiger partial charge is 0.166 e. The van der Waals surface area contributed by atoms with Gasteiger partial charge in [-0.25, -0.2) is 17.6 Å². The summed E-state index contributed by atoms with van der Waals surface area (Å²) in [6.07, 6.45) is 4.91. The van der Waals surface area contributed by atoms with Crippen LogP contribution in [0.2, 0.25) is 0 Å². The van der Waals surface area contributed by atoms with Crippen molar-refractivity contribution in [3.63, 3.8) is 0 Å². The maximum absolute atomic E-state index is 13.0. The van der Waals surface area contributed by atoms with E-state index in [-0.39, 0.29) is 6.07 Å². The van der Waals surface area contributed by atoms with Gasteiger partial charge in [0.25, 0.3) is 0 Å². The van der Waals surface area contributed by atoms with Gasteiger partial charge in [0.05, 0.1) is 0 Å². The molecule has 4 heteroatoms. The summed E-state index contributed by atoms with van der Waals surface area (Å²) in [5.41, 5.74) is -0.745. The summed E-state index contributed by atoms with van der Waals surface area (Å²) in [7, 11) is 0. The minimum atomic E-state index is -1.44. The van der Waals surface area contributed by atoms with Gasteiger partial charge in [-0.1, -0.05) is 5.92 Å². The zero-order valence-corrected chi connectivity index (χ0v) is 7.24. The third-order valence-electron chi connectivity index (χ3n) is 1.83. The van der Waals surface area contributed by atoms with Gasteiger partial charge in [0.15, 0.2) is 23.3 Å². The second-order valence-electron chi connectivity index (χ2n) is 2.77. The summed E-state index contributed by atoms with van der Waals surface area (Å²) in [5, 5.41) is 0. The minimum Gasteiger partial charge on any atom is -0.204 e. The van der Waals surface area contributed by atoms with Gasteiger partial charge in [0.2, 0.25) is 0 Å². The Morgan fingerprint density at radius 3 is 1.93 bits per heavy atom. The van der Waals surface area contributed by atoms with E-state index in [0.717, 1.165) is 0 Å². The highest BCUT2D eigenvalue weighted by Gasteiger charge is 2.22. The number of halogens is 4. The molecule has 0 N–H and O–H groups in total. The highest BCUT2D eigenvalue weighted by Crippen LogP contribution is 2.25. The van der Waals surface area contributed by atoms with E-state index in [1.807, 2.05) is 5.92 Å². The van der Waals surface area contributed by atoms with Crippen LogP contribution in [0.4, 0.5) is 17.6 Å². The predicted octanol–water partition coefficient (Wildman–Crippen LogP) is 2.98. The molecule has 1 unspecified atom stereocenters. The topological polar surface area (TPSA) is 0 Å². The Bertz CT molecular complexity index is 377. The Morgan fingerprint density at radius 2 is 1.57 bits per heavy atom. The average molecular weight is 202 g/mol. The molecule has 0 saturated carbocycles. The number of rotatable bonds is 1. The molecule has 74 valence electrons. The standard InChI is InChI=1S/C10H6F4/c1-3-5(2)8-9(13)6(11)4-7(12)10(8)14/h1,4-5H,2H3. The van der Waals surface area contributed by atoms with Crippen LogP contribution >= 0.6 is 0 Å². The fourth-order valence-corrected chi connectivity index (χ4v) is 1.06. The Labute approximate surface area is 78.6 Å². The zero-order valence-electron chi connectivity index (χ0n) is 7.24. The molecule has 0 saturated heterocycles. The summed E-state index contributed by atoms with van der Waals surface area (Å²) in [6, 6.07) is 0.150. The van der Waals surface area contributed by atoms with E-state index in [9.17, 15) is 17.6 Å². The van der Waals surface area contributed by atoms with Crippen molar-refractivity contribution >= 4 is 0 Å². The van der Waals surface area contributed by atoms with E-state index in [4.69, 9.17) is 6.42 Å². The first-order chi connectivity index (χ1) is 6.49. The Morgan fingerprint density at radius 1 is 1.14 bits per heavy atom. The molecule has 1 aromatic rings. The monoisotopic (exact) mass is 202 g/mol. The number of benzene rings is 1. The summed E-state index contributed by atoms with van der Waals surface area (Å²) in [6.45, 7) is 1.28. The summed E-state index contributed by atoms with van der Waals surface area (Å²) < 4.78 is 51.3. The van der Waals surface area contributed by atoms with E-state index in [1.54, 1.807) is 0 Å². The van der Waals surface area contributed by atoms with Crippen LogP contribution in [0.15, 0.2) is 6.07 Å². The molecule has 0 aliphatic heterocycles. The molecule has 0 amide bonds. The lowest BCUT2D eigenvalue weighted by atomic mass is 10.0. The molecule has 0 nitrogen and oxygen atoms in total. The summed E-state index contributed by atoms with van der Waals surface area (Å²) in [5.74, 6) is -4.77. The Hall–Kier alpha value is -1.50. The largest absolute Gasteiger partial charge is 0.204 e. The molecule has 0 aliphatic rings. The number of terminal acetylenes is 1. The van der Waals surface area contributed by atoms with Crippen molar-refractivity contribution in [3.8, 4) is 12.3 Å². The highest BCUT2D eigenvalue weighted by molar-refractivity contribution is 5.30. The second kappa shape index (κ2) is 3.70. The first-order valence-electron chi connectivity index (χ1n) is 3.78. The van der Waals surface area contributed by atoms with Gasteiger partial charge in [-0.15, -0.1) is 6.42 Å². The van der Waals surface area contributed by atoms with Gasteiger partial charge in [0, 0.05) is 17.5 Å². The van der Waals surface area contributed by atoms with E-state index in [2.05, 4.69) is 0 Å². The van der Waals surface area contributed by atoms with Gasteiger partial charge < -0.3 is 0 Å². The van der Waals surface area contributed by atoms with E-state index in [1.165, 1.54) is 6.92 Å². The second-order valence-corrected chi connectivity index (χ2v) is 2.77. The maximum Gasteiger partial charge on any atom is 0.166 e. The van der Waals surface area contributed by atoms with Crippen LogP contribution in [0.3, 0.4) is 0 Å². The molecule has 0 fully saturated rings. The number of hydrogen-bond acceptors (Lipinski definition) is 0. The van der Waals surface area contributed by atoms with Gasteiger partial charge >= 0.3 is 0 Å². The SMILES string of the molecule is C#CC(C)c1c(F)c(F)cc(F)c1F. The van der Waals surface area contributed by atoms with Crippen molar-refractivity contribution in [2.75, 3.05) is 0 Å². The van der Waals surface area contributed by atoms with Gasteiger partial charge in [-0.2, -0.15) is 0 Å². The van der Waals surface area contributed by atoms with Crippen molar-refractivity contribution < 1.29 is 17.6 Å². The lowest BCUT2D eigenvalue weighted by molar-refractivity contribution is 0.437. The molecule has 0 aromatic heterocycles. The van der Waals surface area contributed by atoms with Crippen molar-refractivity contribution in [3.05, 3.63) is 34.9 Å². The van der Waals surface area contributed by atoms with Crippen molar-refractivity contribution in [1.29, 1.82) is 0 Å². The normalized spacial score (nSPS) is 12.3. The zero-order chi connectivity index (χ0) is 10.9. The van der Waals surface area contributed by atoms with Crippen LogP contribution in [0, 0.1) is 35.6 Å².